The van der Waals surface area contributed by atoms with Crippen molar-refractivity contribution in [1.29, 1.82) is 0 Å². The van der Waals surface area contributed by atoms with Crippen molar-refractivity contribution >= 4 is 52.4 Å². The number of hydrogen-bond acceptors (Lipinski definition) is 9. The number of carboxylic acids is 2. The molecule has 0 radical (unpaired) electrons. The molecule has 0 spiro atoms. The summed E-state index contributed by atoms with van der Waals surface area (Å²) in [7, 11) is 0. The van der Waals surface area contributed by atoms with E-state index in [1.54, 1.807) is 6.20 Å². The molecule has 0 bridgehead atoms. The van der Waals surface area contributed by atoms with Crippen molar-refractivity contribution in [3.8, 4) is 0 Å². The molecule has 0 unspecified atom stereocenters. The number of aromatic nitrogens is 1. The van der Waals surface area contributed by atoms with Gasteiger partial charge in [0.2, 0.25) is 29.5 Å². The van der Waals surface area contributed by atoms with Crippen LogP contribution in [0.1, 0.15) is 78.7 Å². The number of aromatic amines is 1. The molecular weight excluding hydrogens is 688 g/mol. The normalized spacial score (nSPS) is 14.7. The number of carboxylic acid groups (broad SMARTS) is 2. The lowest BCUT2D eigenvalue weighted by atomic mass is 9.98. The number of nitrogens with two attached hydrogens (primary N) is 2. The third-order valence-corrected chi connectivity index (χ3v) is 8.45. The Bertz CT molecular complexity index is 1580. The molecule has 0 aliphatic heterocycles. The molecule has 5 amide bonds. The number of para-hydroxylation sites is 1. The van der Waals surface area contributed by atoms with Gasteiger partial charge in [0.1, 0.15) is 30.2 Å². The van der Waals surface area contributed by atoms with Gasteiger partial charge in [-0.05, 0) is 69.0 Å². The van der Waals surface area contributed by atoms with E-state index in [0.29, 0.717) is 24.9 Å². The maximum Gasteiger partial charge on any atom is 0.325 e. The van der Waals surface area contributed by atoms with Crippen molar-refractivity contribution in [2.45, 2.75) is 116 Å². The number of nitrogens with one attached hydrogen (secondary N) is 6. The van der Waals surface area contributed by atoms with E-state index < -0.39 is 84.1 Å². The number of aliphatic carboxylic acids is 2. The average molecular weight is 745 g/mol. The van der Waals surface area contributed by atoms with Crippen LogP contribution in [0.4, 0.5) is 0 Å². The molecule has 17 heteroatoms. The van der Waals surface area contributed by atoms with Crippen molar-refractivity contribution in [3.63, 3.8) is 0 Å². The minimum absolute atomic E-state index is 0.0138. The van der Waals surface area contributed by atoms with Gasteiger partial charge in [-0.3, -0.25) is 33.6 Å². The topological polar surface area (TPSA) is 288 Å². The number of unbranched alkanes of at least 4 members (excludes halogenated alkanes) is 1. The highest BCUT2D eigenvalue weighted by molar-refractivity contribution is 5.97. The Balaban J connectivity index is 2.43. The largest absolute Gasteiger partial charge is 0.481 e. The van der Waals surface area contributed by atoms with Gasteiger partial charge < -0.3 is 53.2 Å². The number of benzene rings is 1. The Morgan fingerprint density at radius 2 is 1.21 bits per heavy atom. The zero-order valence-corrected chi connectivity index (χ0v) is 31.1. The fraction of sp³-hybridized carbons (Fsp3) is 0.583. The molecule has 0 saturated carbocycles. The highest BCUT2D eigenvalue weighted by Gasteiger charge is 2.33. The third kappa shape index (κ3) is 14.9. The van der Waals surface area contributed by atoms with Gasteiger partial charge in [0.15, 0.2) is 0 Å². The van der Waals surface area contributed by atoms with Gasteiger partial charge in [-0.25, -0.2) is 0 Å². The Kier molecular flexibility index (Phi) is 17.9. The lowest BCUT2D eigenvalue weighted by molar-refractivity contribution is -0.142. The van der Waals surface area contributed by atoms with E-state index in [1.807, 2.05) is 52.0 Å². The Hall–Kier alpha value is -5.03. The molecule has 2 rings (SSSR count). The molecule has 17 nitrogen and oxygen atoms in total. The minimum atomic E-state index is -1.40. The van der Waals surface area contributed by atoms with Crippen molar-refractivity contribution in [1.82, 2.24) is 31.6 Å². The van der Waals surface area contributed by atoms with Crippen LogP contribution in [-0.4, -0.2) is 99.5 Å². The van der Waals surface area contributed by atoms with Crippen LogP contribution in [0.15, 0.2) is 30.5 Å². The van der Waals surface area contributed by atoms with Crippen LogP contribution < -0.4 is 38.1 Å². The highest BCUT2D eigenvalue weighted by atomic mass is 16.4. The van der Waals surface area contributed by atoms with E-state index in [9.17, 15) is 38.7 Å². The van der Waals surface area contributed by atoms with E-state index in [4.69, 9.17) is 16.6 Å². The van der Waals surface area contributed by atoms with Crippen LogP contribution in [0, 0.1) is 11.8 Å². The standard InChI is InChI=1S/C36H56N8O9/c1-19(2)14-27(42-31(47)24(38)17-30(45)46)33(49)43-28(15-20(3)4)34(50)44-29(16-22-18-39-25-11-7-6-10-23(22)25)35(51)41-26(12-8-9-13-37)32(48)40-21(5)36(52)53/h6-7,10-11,18-21,24,26-29,39H,8-9,12-17,37-38H2,1-5H3,(H,40,48)(H,41,51)(H,42,47)(H,43,49)(H,44,50)(H,45,46)(H,52,53)/t21-,24-,26-,27-,28-,29-/m0/s1. The number of hydrogen-bond donors (Lipinski definition) is 10. The molecule has 0 aliphatic rings. The second-order valence-corrected chi connectivity index (χ2v) is 14.1. The Morgan fingerprint density at radius 3 is 1.75 bits per heavy atom. The summed E-state index contributed by atoms with van der Waals surface area (Å²) in [6.45, 7) is 8.95. The molecular formula is C36H56N8O9. The summed E-state index contributed by atoms with van der Waals surface area (Å²) in [5.41, 5.74) is 12.8. The van der Waals surface area contributed by atoms with Crippen LogP contribution in [0.5, 0.6) is 0 Å². The number of carbonyl (C=O) groups excluding carboxylic acids is 5. The lowest BCUT2D eigenvalue weighted by Gasteiger charge is -2.28. The van der Waals surface area contributed by atoms with Gasteiger partial charge in [0.25, 0.3) is 0 Å². The van der Waals surface area contributed by atoms with Crippen LogP contribution in [0.25, 0.3) is 10.9 Å². The molecule has 0 saturated heterocycles. The van der Waals surface area contributed by atoms with Crippen LogP contribution in [0.2, 0.25) is 0 Å². The van der Waals surface area contributed by atoms with Gasteiger partial charge >= 0.3 is 11.9 Å². The SMILES string of the molecule is CC(C)C[C@H](NC(=O)[C@H](CC(C)C)NC(=O)[C@@H](N)CC(=O)O)C(=O)N[C@@H](Cc1c[nH]c2ccccc12)C(=O)N[C@@H](CCCCN)C(=O)N[C@@H](C)C(=O)O. The van der Waals surface area contributed by atoms with E-state index >= 15 is 0 Å². The first-order valence-electron chi connectivity index (χ1n) is 17.9. The molecule has 53 heavy (non-hydrogen) atoms. The average Bonchev–Trinajstić information content (AvgIpc) is 3.48. The zero-order chi connectivity index (χ0) is 39.8. The molecule has 6 atom stereocenters. The van der Waals surface area contributed by atoms with Gasteiger partial charge in [0.05, 0.1) is 12.5 Å². The van der Waals surface area contributed by atoms with Crippen molar-refractivity contribution in [3.05, 3.63) is 36.0 Å². The van der Waals surface area contributed by atoms with Crippen molar-refractivity contribution in [2.24, 2.45) is 23.3 Å². The number of rotatable bonds is 23. The fourth-order valence-electron chi connectivity index (χ4n) is 5.65. The Labute approximate surface area is 309 Å². The van der Waals surface area contributed by atoms with E-state index in [2.05, 4.69) is 31.6 Å². The fourth-order valence-corrected chi connectivity index (χ4v) is 5.65. The predicted octanol–water partition coefficient (Wildman–Crippen LogP) is 0.262. The zero-order valence-electron chi connectivity index (χ0n) is 31.1. The number of carbonyl (C=O) groups is 7. The van der Waals surface area contributed by atoms with Crippen LogP contribution >= 0.6 is 0 Å². The number of amides is 5. The summed E-state index contributed by atoms with van der Waals surface area (Å²) in [6, 6.07) is 0.0289. The van der Waals surface area contributed by atoms with Gasteiger partial charge in [0, 0.05) is 23.5 Å². The summed E-state index contributed by atoms with van der Waals surface area (Å²) in [4.78, 5) is 93.2. The lowest BCUT2D eigenvalue weighted by Crippen LogP contribution is -2.60. The first-order valence-corrected chi connectivity index (χ1v) is 17.9. The number of H-pyrrole nitrogens is 1. The Morgan fingerprint density at radius 1 is 0.698 bits per heavy atom. The smallest absolute Gasteiger partial charge is 0.325 e. The summed E-state index contributed by atoms with van der Waals surface area (Å²) in [6.07, 6.45) is 2.51. The molecule has 294 valence electrons. The monoisotopic (exact) mass is 744 g/mol. The van der Waals surface area contributed by atoms with Gasteiger partial charge in [-0.2, -0.15) is 0 Å². The van der Waals surface area contributed by atoms with E-state index in [-0.39, 0.29) is 37.5 Å². The number of fused-ring (bicyclic) bond motifs is 1. The van der Waals surface area contributed by atoms with Crippen LogP contribution in [0.3, 0.4) is 0 Å². The predicted molar refractivity (Wildman–Crippen MR) is 197 cm³/mol. The molecule has 1 aromatic heterocycles. The minimum Gasteiger partial charge on any atom is -0.481 e. The first-order chi connectivity index (χ1) is 24.9. The summed E-state index contributed by atoms with van der Waals surface area (Å²) < 4.78 is 0. The second kappa shape index (κ2) is 21.5. The summed E-state index contributed by atoms with van der Waals surface area (Å²) >= 11 is 0. The molecule has 0 fully saturated rings. The summed E-state index contributed by atoms with van der Waals surface area (Å²) in [5, 5.41) is 32.2. The maximum absolute atomic E-state index is 14.0. The third-order valence-electron chi connectivity index (χ3n) is 8.45. The quantitative estimate of drug-likeness (QED) is 0.0689. The van der Waals surface area contributed by atoms with E-state index in [0.717, 1.165) is 10.9 Å². The first kappa shape index (κ1) is 44.1. The highest BCUT2D eigenvalue weighted by Crippen LogP contribution is 2.20. The molecule has 12 N–H and O–H groups in total. The summed E-state index contributed by atoms with van der Waals surface area (Å²) in [5.74, 6) is -6.40. The molecule has 2 aromatic rings. The van der Waals surface area contributed by atoms with Gasteiger partial charge in [-0.15, -0.1) is 0 Å². The van der Waals surface area contributed by atoms with E-state index in [1.165, 1.54) is 6.92 Å². The van der Waals surface area contributed by atoms with Crippen molar-refractivity contribution in [2.75, 3.05) is 6.54 Å². The van der Waals surface area contributed by atoms with Crippen LogP contribution in [-0.2, 0) is 40.0 Å². The van der Waals surface area contributed by atoms with Crippen molar-refractivity contribution < 1.29 is 43.8 Å². The molecule has 0 aliphatic carbocycles. The maximum atomic E-state index is 14.0. The second-order valence-electron chi connectivity index (χ2n) is 14.1. The molecule has 1 heterocycles. The van der Waals surface area contributed by atoms with Gasteiger partial charge in [-0.1, -0.05) is 45.9 Å². The molecule has 1 aromatic carbocycles.